The molecule has 62 valence electrons. The zero-order valence-electron chi connectivity index (χ0n) is 6.46. The van der Waals surface area contributed by atoms with E-state index in [2.05, 4.69) is 4.74 Å². The van der Waals surface area contributed by atoms with E-state index in [4.69, 9.17) is 5.11 Å². The number of aliphatic hydroxyl groups is 1. The number of hydrogen-bond acceptors (Lipinski definition) is 3. The Hall–Kier alpha value is 0.430. The molecule has 1 atom stereocenters. The van der Waals surface area contributed by atoms with Gasteiger partial charge in [-0.1, -0.05) is 13.8 Å². The summed E-state index contributed by atoms with van der Waals surface area (Å²) in [7, 11) is 0. The van der Waals surface area contributed by atoms with E-state index >= 15 is 0 Å². The summed E-state index contributed by atoms with van der Waals surface area (Å²) in [4.78, 5) is 10.7. The van der Waals surface area contributed by atoms with E-state index in [0.29, 0.717) is 13.0 Å². The zero-order chi connectivity index (χ0) is 7.98. The normalized spacial score (nSPS) is 11.5. The first-order chi connectivity index (χ1) is 4.72. The Bertz CT molecular complexity index is 106. The van der Waals surface area contributed by atoms with Crippen LogP contribution in [-0.4, -0.2) is 53.3 Å². The summed E-state index contributed by atoms with van der Waals surface area (Å²) in [6.45, 7) is 4.04. The summed E-state index contributed by atoms with van der Waals surface area (Å²) in [6, 6.07) is 0. The van der Waals surface area contributed by atoms with E-state index in [0.717, 1.165) is 6.42 Å². The predicted octanol–water partition coefficient (Wildman–Crippen LogP) is 0.0620. The van der Waals surface area contributed by atoms with Crippen LogP contribution in [0, 0.1) is 0 Å². The summed E-state index contributed by atoms with van der Waals surface area (Å²) in [5.41, 5.74) is 0. The van der Waals surface area contributed by atoms with E-state index in [1.165, 1.54) is 0 Å². The van der Waals surface area contributed by atoms with E-state index in [9.17, 15) is 4.79 Å². The second-order valence-corrected chi connectivity index (χ2v) is 2.09. The van der Waals surface area contributed by atoms with Gasteiger partial charge in [0.2, 0.25) is 0 Å². The minimum atomic E-state index is -0.938. The predicted molar refractivity (Wildman–Crippen MR) is 44.7 cm³/mol. The van der Waals surface area contributed by atoms with Crippen LogP contribution in [0.15, 0.2) is 0 Å². The molecule has 0 aliphatic rings. The van der Waals surface area contributed by atoms with Gasteiger partial charge in [0.05, 0.1) is 6.61 Å². The quantitative estimate of drug-likeness (QED) is 0.479. The molecule has 0 aromatic carbocycles. The van der Waals surface area contributed by atoms with Gasteiger partial charge in [0.1, 0.15) is 0 Å². The molecule has 0 aliphatic heterocycles. The third-order valence-corrected chi connectivity index (χ3v) is 1.11. The molecule has 0 aromatic heterocycles. The van der Waals surface area contributed by atoms with E-state index in [1.54, 1.807) is 6.92 Å². The number of carbonyl (C=O) groups is 1. The Morgan fingerprint density at radius 1 is 1.55 bits per heavy atom. The van der Waals surface area contributed by atoms with Gasteiger partial charge in [-0.2, -0.15) is 0 Å². The van der Waals surface area contributed by atoms with E-state index in [1.807, 2.05) is 6.92 Å². The first-order valence-corrected chi connectivity index (χ1v) is 3.57. The second-order valence-electron chi connectivity index (χ2n) is 2.09. The number of ether oxygens (including phenoxy) is 1. The molecule has 0 amide bonds. The zero-order valence-corrected chi connectivity index (χ0v) is 6.46. The fraction of sp³-hybridized carbons (Fsp3) is 0.857. The van der Waals surface area contributed by atoms with Crippen LogP contribution >= 0.6 is 0 Å². The van der Waals surface area contributed by atoms with Gasteiger partial charge in [0, 0.05) is 0 Å². The standard InChI is InChI=1S/C7H14O3.Na.H/c1-3-5-10-7(9)6(8)4-2;;/h6,8H,3-5H2,1-2H3;;. The van der Waals surface area contributed by atoms with Gasteiger partial charge in [-0.15, -0.1) is 0 Å². The van der Waals surface area contributed by atoms with Crippen molar-refractivity contribution < 1.29 is 14.6 Å². The fourth-order valence-corrected chi connectivity index (χ4v) is 0.466. The van der Waals surface area contributed by atoms with Crippen molar-refractivity contribution in [2.45, 2.75) is 32.8 Å². The SMILES string of the molecule is CCCOC(=O)C(O)CC.[NaH]. The molecule has 0 rings (SSSR count). The molecule has 4 heteroatoms. The molecule has 0 spiro atoms. The number of aliphatic hydroxyl groups excluding tert-OH is 1. The van der Waals surface area contributed by atoms with Crippen LogP contribution < -0.4 is 0 Å². The first kappa shape index (κ1) is 14.0. The molecule has 1 N–H and O–H groups in total. The summed E-state index contributed by atoms with van der Waals surface area (Å²) in [5.74, 6) is -0.510. The summed E-state index contributed by atoms with van der Waals surface area (Å²) in [6.07, 6.45) is 0.275. The summed E-state index contributed by atoms with van der Waals surface area (Å²) in [5, 5.41) is 8.88. The van der Waals surface area contributed by atoms with Gasteiger partial charge in [0.25, 0.3) is 0 Å². The van der Waals surface area contributed by atoms with Gasteiger partial charge in [-0.25, -0.2) is 4.79 Å². The monoisotopic (exact) mass is 170 g/mol. The van der Waals surface area contributed by atoms with Crippen LogP contribution in [0.25, 0.3) is 0 Å². The molecule has 0 radical (unpaired) electrons. The molecule has 0 heterocycles. The first-order valence-electron chi connectivity index (χ1n) is 3.57. The number of esters is 1. The molecule has 0 saturated carbocycles. The fourth-order valence-electron chi connectivity index (χ4n) is 0.466. The molecule has 0 aliphatic carbocycles. The maximum atomic E-state index is 10.7. The van der Waals surface area contributed by atoms with Crippen molar-refractivity contribution in [3.05, 3.63) is 0 Å². The Morgan fingerprint density at radius 3 is 2.45 bits per heavy atom. The topological polar surface area (TPSA) is 46.5 Å². The molecular weight excluding hydrogens is 155 g/mol. The van der Waals surface area contributed by atoms with Crippen LogP contribution in [0.3, 0.4) is 0 Å². The van der Waals surface area contributed by atoms with Crippen molar-refractivity contribution in [2.24, 2.45) is 0 Å². The van der Waals surface area contributed by atoms with E-state index in [-0.39, 0.29) is 29.6 Å². The van der Waals surface area contributed by atoms with Crippen molar-refractivity contribution in [3.8, 4) is 0 Å². The molecule has 11 heavy (non-hydrogen) atoms. The Labute approximate surface area is 89.4 Å². The third kappa shape index (κ3) is 6.81. The minimum absolute atomic E-state index is 0. The Kier molecular flexibility index (Phi) is 10.8. The van der Waals surface area contributed by atoms with Gasteiger partial charge in [-0.05, 0) is 12.8 Å². The van der Waals surface area contributed by atoms with Gasteiger partial charge < -0.3 is 9.84 Å². The number of rotatable bonds is 4. The number of hydrogen-bond donors (Lipinski definition) is 1. The average molecular weight is 170 g/mol. The molecule has 1 unspecified atom stereocenters. The molecule has 3 nitrogen and oxygen atoms in total. The van der Waals surface area contributed by atoms with Crippen molar-refractivity contribution in [3.63, 3.8) is 0 Å². The molecular formula is C7H15NaO3. The maximum absolute atomic E-state index is 10.7. The van der Waals surface area contributed by atoms with E-state index < -0.39 is 12.1 Å². The van der Waals surface area contributed by atoms with Crippen molar-refractivity contribution in [1.82, 2.24) is 0 Å². The van der Waals surface area contributed by atoms with Crippen LogP contribution in [0.5, 0.6) is 0 Å². The van der Waals surface area contributed by atoms with Gasteiger partial charge in [0.15, 0.2) is 6.10 Å². The molecule has 0 aromatic rings. The van der Waals surface area contributed by atoms with Crippen molar-refractivity contribution >= 4 is 35.5 Å². The third-order valence-electron chi connectivity index (χ3n) is 1.11. The van der Waals surface area contributed by atoms with Crippen LogP contribution in [0.1, 0.15) is 26.7 Å². The van der Waals surface area contributed by atoms with Gasteiger partial charge in [-0.3, -0.25) is 0 Å². The van der Waals surface area contributed by atoms with Crippen LogP contribution in [-0.2, 0) is 9.53 Å². The Morgan fingerprint density at radius 2 is 2.09 bits per heavy atom. The second kappa shape index (κ2) is 8.53. The Balaban J connectivity index is 0. The molecule has 0 fully saturated rings. The summed E-state index contributed by atoms with van der Waals surface area (Å²) < 4.78 is 4.65. The number of carbonyl (C=O) groups excluding carboxylic acids is 1. The molecule has 0 saturated heterocycles. The van der Waals surface area contributed by atoms with Crippen LogP contribution in [0.2, 0.25) is 0 Å². The van der Waals surface area contributed by atoms with Crippen molar-refractivity contribution in [1.29, 1.82) is 0 Å². The molecule has 0 bridgehead atoms. The average Bonchev–Trinajstić information content (AvgIpc) is 1.98. The summed E-state index contributed by atoms with van der Waals surface area (Å²) >= 11 is 0. The van der Waals surface area contributed by atoms with Crippen molar-refractivity contribution in [2.75, 3.05) is 6.61 Å². The van der Waals surface area contributed by atoms with Gasteiger partial charge >= 0.3 is 35.5 Å². The van der Waals surface area contributed by atoms with Crippen LogP contribution in [0.4, 0.5) is 0 Å².